The van der Waals surface area contributed by atoms with E-state index in [9.17, 15) is 14.5 Å². The fourth-order valence-corrected chi connectivity index (χ4v) is 1.96. The largest absolute Gasteiger partial charge is 0.453 e. The quantitative estimate of drug-likeness (QED) is 0.672. The van der Waals surface area contributed by atoms with Gasteiger partial charge in [-0.1, -0.05) is 17.7 Å². The van der Waals surface area contributed by atoms with Crippen molar-refractivity contribution in [2.75, 3.05) is 7.05 Å². The van der Waals surface area contributed by atoms with E-state index in [1.807, 2.05) is 0 Å². The molecule has 0 heterocycles. The minimum atomic E-state index is -0.567. The van der Waals surface area contributed by atoms with E-state index in [1.54, 1.807) is 13.1 Å². The molecule has 2 aromatic rings. The fraction of sp³-hybridized carbons (Fsp3) is 0.143. The Morgan fingerprint density at radius 1 is 1.29 bits per heavy atom. The van der Waals surface area contributed by atoms with E-state index in [4.69, 9.17) is 16.3 Å². The third-order valence-electron chi connectivity index (χ3n) is 2.72. The number of nitro benzene ring substituents is 1. The van der Waals surface area contributed by atoms with Crippen molar-refractivity contribution in [2.45, 2.75) is 6.54 Å². The molecular formula is C14H12ClFN2O3. The van der Waals surface area contributed by atoms with Crippen LogP contribution >= 0.6 is 11.6 Å². The van der Waals surface area contributed by atoms with E-state index < -0.39 is 10.7 Å². The van der Waals surface area contributed by atoms with Crippen molar-refractivity contribution < 1.29 is 14.1 Å². The van der Waals surface area contributed by atoms with Crippen LogP contribution in [0.4, 0.5) is 10.1 Å². The molecule has 0 aromatic heterocycles. The molecule has 2 aromatic carbocycles. The first-order valence-electron chi connectivity index (χ1n) is 6.06. The van der Waals surface area contributed by atoms with Crippen LogP contribution in [0.2, 0.25) is 5.02 Å². The number of nitrogens with one attached hydrogen (secondary N) is 1. The molecule has 7 heteroatoms. The van der Waals surface area contributed by atoms with Crippen molar-refractivity contribution in [1.82, 2.24) is 5.32 Å². The highest BCUT2D eigenvalue weighted by molar-refractivity contribution is 6.32. The van der Waals surface area contributed by atoms with Gasteiger partial charge in [-0.05, 0) is 30.8 Å². The van der Waals surface area contributed by atoms with E-state index in [0.717, 1.165) is 11.6 Å². The highest BCUT2D eigenvalue weighted by atomic mass is 35.5. The Hall–Kier alpha value is -2.18. The number of nitrogens with zero attached hydrogens (tertiary/aromatic N) is 1. The molecule has 21 heavy (non-hydrogen) atoms. The maximum absolute atomic E-state index is 13.9. The number of halogens is 2. The first kappa shape index (κ1) is 15.2. The lowest BCUT2D eigenvalue weighted by molar-refractivity contribution is -0.384. The predicted molar refractivity (Wildman–Crippen MR) is 77.3 cm³/mol. The zero-order valence-electron chi connectivity index (χ0n) is 11.1. The minimum Gasteiger partial charge on any atom is -0.453 e. The van der Waals surface area contributed by atoms with E-state index >= 15 is 0 Å². The highest BCUT2D eigenvalue weighted by Gasteiger charge is 2.13. The second-order valence-electron chi connectivity index (χ2n) is 4.27. The van der Waals surface area contributed by atoms with Crippen molar-refractivity contribution in [1.29, 1.82) is 0 Å². The summed E-state index contributed by atoms with van der Waals surface area (Å²) in [7, 11) is 1.76. The number of non-ortho nitro benzene ring substituents is 1. The molecule has 0 atom stereocenters. The predicted octanol–water partition coefficient (Wildman–Crippen LogP) is 3.90. The van der Waals surface area contributed by atoms with Gasteiger partial charge in [0.25, 0.3) is 5.69 Å². The lowest BCUT2D eigenvalue weighted by Gasteiger charge is -2.09. The third-order valence-corrected chi connectivity index (χ3v) is 3.02. The molecular weight excluding hydrogens is 299 g/mol. The smallest absolute Gasteiger partial charge is 0.271 e. The van der Waals surface area contributed by atoms with E-state index in [-0.39, 0.29) is 22.2 Å². The van der Waals surface area contributed by atoms with Crippen molar-refractivity contribution in [2.24, 2.45) is 0 Å². The topological polar surface area (TPSA) is 64.4 Å². The van der Waals surface area contributed by atoms with Crippen molar-refractivity contribution in [3.8, 4) is 11.5 Å². The van der Waals surface area contributed by atoms with Gasteiger partial charge in [-0.3, -0.25) is 10.1 Å². The number of nitro groups is 1. The van der Waals surface area contributed by atoms with Crippen LogP contribution in [0.25, 0.3) is 0 Å². The maximum atomic E-state index is 13.9. The molecule has 0 unspecified atom stereocenters. The van der Waals surface area contributed by atoms with Crippen LogP contribution < -0.4 is 10.1 Å². The summed E-state index contributed by atoms with van der Waals surface area (Å²) < 4.78 is 19.3. The first-order valence-corrected chi connectivity index (χ1v) is 6.44. The molecule has 5 nitrogen and oxygen atoms in total. The summed E-state index contributed by atoms with van der Waals surface area (Å²) in [5, 5.41) is 13.6. The number of rotatable bonds is 5. The second-order valence-corrected chi connectivity index (χ2v) is 4.68. The molecule has 0 saturated heterocycles. The van der Waals surface area contributed by atoms with Gasteiger partial charge in [0.05, 0.1) is 9.95 Å². The minimum absolute atomic E-state index is 0.00519. The Balaban J connectivity index is 2.24. The molecule has 0 spiro atoms. The number of benzene rings is 2. The van der Waals surface area contributed by atoms with Crippen LogP contribution in [0.5, 0.6) is 11.5 Å². The van der Waals surface area contributed by atoms with Gasteiger partial charge in [-0.15, -0.1) is 0 Å². The zero-order valence-corrected chi connectivity index (χ0v) is 11.9. The second kappa shape index (κ2) is 6.51. The Kier molecular flexibility index (Phi) is 4.72. The summed E-state index contributed by atoms with van der Waals surface area (Å²) in [5.41, 5.74) is 0.620. The monoisotopic (exact) mass is 310 g/mol. The molecule has 2 rings (SSSR count). The van der Waals surface area contributed by atoms with Gasteiger partial charge in [-0.25, -0.2) is 4.39 Å². The van der Waals surface area contributed by atoms with Gasteiger partial charge in [0.15, 0.2) is 11.6 Å². The molecule has 0 aliphatic carbocycles. The normalized spacial score (nSPS) is 10.4. The molecule has 0 aliphatic heterocycles. The average Bonchev–Trinajstić information content (AvgIpc) is 2.43. The van der Waals surface area contributed by atoms with Crippen LogP contribution in [0, 0.1) is 15.9 Å². The van der Waals surface area contributed by atoms with Crippen LogP contribution in [0.1, 0.15) is 5.56 Å². The van der Waals surface area contributed by atoms with Gasteiger partial charge in [-0.2, -0.15) is 0 Å². The van der Waals surface area contributed by atoms with E-state index in [2.05, 4.69) is 5.32 Å². The van der Waals surface area contributed by atoms with Gasteiger partial charge in [0.2, 0.25) is 0 Å². The molecule has 0 amide bonds. The van der Waals surface area contributed by atoms with Crippen molar-refractivity contribution >= 4 is 17.3 Å². The molecule has 0 bridgehead atoms. The van der Waals surface area contributed by atoms with Gasteiger partial charge in [0, 0.05) is 18.7 Å². The Labute approximate surface area is 125 Å². The highest BCUT2D eigenvalue weighted by Crippen LogP contribution is 2.33. The van der Waals surface area contributed by atoms with Gasteiger partial charge >= 0.3 is 0 Å². The summed E-state index contributed by atoms with van der Waals surface area (Å²) in [6.07, 6.45) is 0. The maximum Gasteiger partial charge on any atom is 0.271 e. The summed E-state index contributed by atoms with van der Waals surface area (Å²) in [6.45, 7) is 0.537. The summed E-state index contributed by atoms with van der Waals surface area (Å²) in [6, 6.07) is 8.29. The van der Waals surface area contributed by atoms with Crippen molar-refractivity contribution in [3.05, 3.63) is 62.9 Å². The van der Waals surface area contributed by atoms with Crippen LogP contribution in [0.15, 0.2) is 36.4 Å². The summed E-state index contributed by atoms with van der Waals surface area (Å²) >= 11 is 5.89. The average molecular weight is 311 g/mol. The number of ether oxygens (including phenoxy) is 1. The number of hydrogen-bond donors (Lipinski definition) is 1. The first-order chi connectivity index (χ1) is 10.0. The Morgan fingerprint density at radius 2 is 2.00 bits per heavy atom. The molecule has 0 saturated carbocycles. The van der Waals surface area contributed by atoms with Crippen molar-refractivity contribution in [3.63, 3.8) is 0 Å². The summed E-state index contributed by atoms with van der Waals surface area (Å²) in [5.74, 6) is -0.370. The van der Waals surface area contributed by atoms with Crippen LogP contribution in [-0.2, 0) is 6.54 Å². The summed E-state index contributed by atoms with van der Waals surface area (Å²) in [4.78, 5) is 10.0. The standard InChI is InChI=1S/C14H12ClFN2O3/c1-17-8-9-2-4-14(12(16)6-9)21-13-5-3-10(18(19)20)7-11(13)15/h2-7,17H,8H2,1H3. The molecule has 0 aliphatic rings. The lowest BCUT2D eigenvalue weighted by atomic mass is 10.2. The van der Waals surface area contributed by atoms with Crippen LogP contribution in [-0.4, -0.2) is 12.0 Å². The Morgan fingerprint density at radius 3 is 2.57 bits per heavy atom. The van der Waals surface area contributed by atoms with E-state index in [1.165, 1.54) is 24.3 Å². The SMILES string of the molecule is CNCc1ccc(Oc2ccc([N+](=O)[O-])cc2Cl)c(F)c1. The van der Waals surface area contributed by atoms with Gasteiger partial charge < -0.3 is 10.1 Å². The zero-order chi connectivity index (χ0) is 15.4. The lowest BCUT2D eigenvalue weighted by Crippen LogP contribution is -2.05. The Bertz CT molecular complexity index is 679. The van der Waals surface area contributed by atoms with Crippen LogP contribution in [0.3, 0.4) is 0 Å². The van der Waals surface area contributed by atoms with Gasteiger partial charge in [0.1, 0.15) is 5.75 Å². The molecule has 0 fully saturated rings. The molecule has 110 valence electrons. The number of hydrogen-bond acceptors (Lipinski definition) is 4. The molecule has 1 N–H and O–H groups in total. The molecule has 0 radical (unpaired) electrons. The fourth-order valence-electron chi connectivity index (χ4n) is 1.75. The van der Waals surface area contributed by atoms with E-state index in [0.29, 0.717) is 6.54 Å². The third kappa shape index (κ3) is 3.68.